The number of rotatable bonds is 6. The van der Waals surface area contributed by atoms with Gasteiger partial charge in [0.25, 0.3) is 5.91 Å². The molecule has 0 unspecified atom stereocenters. The van der Waals surface area contributed by atoms with E-state index in [-0.39, 0.29) is 11.6 Å². The molecule has 28 heavy (non-hydrogen) atoms. The van der Waals surface area contributed by atoms with Crippen LogP contribution in [0, 0.1) is 0 Å². The van der Waals surface area contributed by atoms with Gasteiger partial charge in [-0.25, -0.2) is 4.79 Å². The Labute approximate surface area is 166 Å². The molecule has 0 spiro atoms. The van der Waals surface area contributed by atoms with Gasteiger partial charge in [0.1, 0.15) is 0 Å². The van der Waals surface area contributed by atoms with E-state index in [0.717, 1.165) is 10.4 Å². The zero-order valence-corrected chi connectivity index (χ0v) is 16.5. The van der Waals surface area contributed by atoms with Gasteiger partial charge in [-0.1, -0.05) is 36.4 Å². The van der Waals surface area contributed by atoms with Gasteiger partial charge in [-0.05, 0) is 34.9 Å². The van der Waals surface area contributed by atoms with Gasteiger partial charge in [-0.3, -0.25) is 4.79 Å². The first-order valence-corrected chi connectivity index (χ1v) is 9.37. The fraction of sp³-hybridized carbons (Fsp3) is 0.211. The number of hydrogen-bond donors (Lipinski definition) is 0. The molecule has 1 amide bonds. The summed E-state index contributed by atoms with van der Waals surface area (Å²) in [6, 6.07) is 13.0. The van der Waals surface area contributed by atoms with Crippen molar-refractivity contribution in [2.24, 2.45) is 0 Å². The monoisotopic (exact) mass is 397 g/mol. The Balaban J connectivity index is 1.99. The third-order valence-corrected chi connectivity index (χ3v) is 4.65. The van der Waals surface area contributed by atoms with Crippen molar-refractivity contribution in [2.45, 2.75) is 13.0 Å². The molecule has 3 rings (SSSR count). The maximum absolute atomic E-state index is 12.9. The van der Waals surface area contributed by atoms with Crippen LogP contribution in [0.2, 0.25) is 0 Å². The Bertz CT molecular complexity index is 980. The molecule has 0 aliphatic heterocycles. The molecule has 0 bridgehead atoms. The number of hydrogen-bond acceptors (Lipinski definition) is 7. The van der Waals surface area contributed by atoms with Crippen LogP contribution in [-0.4, -0.2) is 57.2 Å². The van der Waals surface area contributed by atoms with Crippen LogP contribution in [0.1, 0.15) is 11.8 Å². The predicted molar refractivity (Wildman–Crippen MR) is 106 cm³/mol. The Kier molecular flexibility index (Phi) is 5.95. The highest BCUT2D eigenvalue weighted by atomic mass is 32.1. The molecule has 9 heteroatoms. The number of nitrogens with zero attached hydrogens (tertiary/aromatic N) is 5. The summed E-state index contributed by atoms with van der Waals surface area (Å²) in [7, 11) is 3.20. The maximum Gasteiger partial charge on any atom is 0.357 e. The molecule has 0 saturated carbocycles. The zero-order chi connectivity index (χ0) is 20.1. The average Bonchev–Trinajstić information content (AvgIpc) is 3.37. The summed E-state index contributed by atoms with van der Waals surface area (Å²) in [5.41, 5.74) is 0.861. The van der Waals surface area contributed by atoms with Crippen LogP contribution in [0.4, 0.5) is 0 Å². The fourth-order valence-electron chi connectivity index (χ4n) is 2.47. The summed E-state index contributed by atoms with van der Waals surface area (Å²) in [6.45, 7) is 1.53. The molecular formula is C19H19N5O3S. The highest BCUT2D eigenvalue weighted by Gasteiger charge is 2.25. The number of esters is 1. The summed E-state index contributed by atoms with van der Waals surface area (Å²) >= 11 is 1.46. The third kappa shape index (κ3) is 4.32. The summed E-state index contributed by atoms with van der Waals surface area (Å²) in [4.78, 5) is 27.2. The van der Waals surface area contributed by atoms with E-state index in [4.69, 9.17) is 4.74 Å². The van der Waals surface area contributed by atoms with E-state index in [0.29, 0.717) is 5.82 Å². The summed E-state index contributed by atoms with van der Waals surface area (Å²) in [5, 5.41) is 13.6. The van der Waals surface area contributed by atoms with Crippen molar-refractivity contribution < 1.29 is 14.3 Å². The fourth-order valence-corrected chi connectivity index (χ4v) is 3.12. The van der Waals surface area contributed by atoms with Gasteiger partial charge in [0.2, 0.25) is 0 Å². The third-order valence-electron chi connectivity index (χ3n) is 3.83. The Hall–Kier alpha value is -3.33. The second-order valence-electron chi connectivity index (χ2n) is 6.11. The molecule has 2 aromatic heterocycles. The van der Waals surface area contributed by atoms with Crippen molar-refractivity contribution in [3.05, 3.63) is 52.7 Å². The standard InChI is InChI=1S/C19H19N5O3S/c1-13(18(25)23(2)3)27-19(26)16(12-15-10-7-11-28-15)24-17(20-21-22-24)14-8-5-4-6-9-14/h4-13H,1-3H3/b16-12-/t13-/m1/s1. The van der Waals surface area contributed by atoms with Gasteiger partial charge in [0.05, 0.1) is 0 Å². The molecule has 0 aliphatic rings. The Morgan fingerprint density at radius 3 is 2.57 bits per heavy atom. The number of ether oxygens (including phenoxy) is 1. The number of amides is 1. The molecule has 1 aromatic carbocycles. The first kappa shape index (κ1) is 19.4. The highest BCUT2D eigenvalue weighted by molar-refractivity contribution is 7.10. The van der Waals surface area contributed by atoms with E-state index in [2.05, 4.69) is 15.5 Å². The van der Waals surface area contributed by atoms with Crippen molar-refractivity contribution in [2.75, 3.05) is 14.1 Å². The largest absolute Gasteiger partial charge is 0.448 e. The smallest absolute Gasteiger partial charge is 0.357 e. The molecule has 0 aliphatic carbocycles. The van der Waals surface area contributed by atoms with Crippen LogP contribution < -0.4 is 0 Å². The van der Waals surface area contributed by atoms with E-state index in [1.54, 1.807) is 20.2 Å². The van der Waals surface area contributed by atoms with Crippen LogP contribution in [-0.2, 0) is 14.3 Å². The van der Waals surface area contributed by atoms with Gasteiger partial charge >= 0.3 is 5.97 Å². The maximum atomic E-state index is 12.9. The van der Waals surface area contributed by atoms with E-state index in [1.165, 1.54) is 27.8 Å². The molecule has 144 valence electrons. The topological polar surface area (TPSA) is 90.2 Å². The summed E-state index contributed by atoms with van der Waals surface area (Å²) < 4.78 is 6.71. The molecule has 8 nitrogen and oxygen atoms in total. The van der Waals surface area contributed by atoms with Gasteiger partial charge < -0.3 is 9.64 Å². The van der Waals surface area contributed by atoms with Crippen molar-refractivity contribution in [3.63, 3.8) is 0 Å². The number of carbonyl (C=O) groups is 2. The van der Waals surface area contributed by atoms with Crippen LogP contribution in [0.3, 0.4) is 0 Å². The van der Waals surface area contributed by atoms with Crippen molar-refractivity contribution in [3.8, 4) is 11.4 Å². The van der Waals surface area contributed by atoms with E-state index in [9.17, 15) is 9.59 Å². The Morgan fingerprint density at radius 2 is 1.93 bits per heavy atom. The number of thiophene rings is 1. The lowest BCUT2D eigenvalue weighted by atomic mass is 10.2. The molecule has 0 fully saturated rings. The minimum atomic E-state index is -0.939. The van der Waals surface area contributed by atoms with Crippen LogP contribution in [0.5, 0.6) is 0 Å². The van der Waals surface area contributed by atoms with Crippen molar-refractivity contribution in [1.82, 2.24) is 25.1 Å². The minimum absolute atomic E-state index is 0.115. The van der Waals surface area contributed by atoms with Crippen LogP contribution in [0.25, 0.3) is 23.2 Å². The lowest BCUT2D eigenvalue weighted by Gasteiger charge is -2.18. The summed E-state index contributed by atoms with van der Waals surface area (Å²) in [6.07, 6.45) is 0.703. The highest BCUT2D eigenvalue weighted by Crippen LogP contribution is 2.23. The SMILES string of the molecule is C[C@@H](OC(=O)/C(=C/c1cccs1)n1nnnc1-c1ccccc1)C(=O)N(C)C. The van der Waals surface area contributed by atoms with E-state index < -0.39 is 12.1 Å². The van der Waals surface area contributed by atoms with Crippen LogP contribution in [0.15, 0.2) is 47.8 Å². The molecule has 0 N–H and O–H groups in total. The predicted octanol–water partition coefficient (Wildman–Crippen LogP) is 2.42. The van der Waals surface area contributed by atoms with Crippen molar-refractivity contribution >= 4 is 35.0 Å². The second kappa shape index (κ2) is 8.57. The van der Waals surface area contributed by atoms with E-state index in [1.807, 2.05) is 47.8 Å². The molecule has 3 aromatic rings. The molecular weight excluding hydrogens is 378 g/mol. The Morgan fingerprint density at radius 1 is 1.18 bits per heavy atom. The number of benzene rings is 1. The normalized spacial score (nSPS) is 12.5. The number of likely N-dealkylation sites (N-methyl/N-ethyl adjacent to an activating group) is 1. The van der Waals surface area contributed by atoms with Gasteiger partial charge in [0.15, 0.2) is 17.6 Å². The van der Waals surface area contributed by atoms with Gasteiger partial charge in [-0.2, -0.15) is 4.68 Å². The summed E-state index contributed by atoms with van der Waals surface area (Å²) in [5.74, 6) is -0.614. The first-order chi connectivity index (χ1) is 13.5. The lowest BCUT2D eigenvalue weighted by Crippen LogP contribution is -2.35. The molecule has 2 heterocycles. The zero-order valence-electron chi connectivity index (χ0n) is 15.6. The van der Waals surface area contributed by atoms with Gasteiger partial charge in [-0.15, -0.1) is 16.4 Å². The minimum Gasteiger partial charge on any atom is -0.448 e. The quantitative estimate of drug-likeness (QED) is 0.469. The number of aromatic nitrogens is 4. The first-order valence-electron chi connectivity index (χ1n) is 8.49. The second-order valence-corrected chi connectivity index (χ2v) is 7.08. The van der Waals surface area contributed by atoms with Crippen molar-refractivity contribution in [1.29, 1.82) is 0 Å². The van der Waals surface area contributed by atoms with E-state index >= 15 is 0 Å². The lowest BCUT2D eigenvalue weighted by molar-refractivity contribution is -0.153. The molecule has 0 radical (unpaired) electrons. The average molecular weight is 397 g/mol. The number of carbonyl (C=O) groups excluding carboxylic acids is 2. The van der Waals surface area contributed by atoms with Gasteiger partial charge in [0, 0.05) is 24.5 Å². The van der Waals surface area contributed by atoms with Crippen LogP contribution >= 0.6 is 11.3 Å². The number of tetrazole rings is 1. The molecule has 0 saturated heterocycles. The molecule has 1 atom stereocenters.